The van der Waals surface area contributed by atoms with Crippen LogP contribution in [0.3, 0.4) is 0 Å². The number of thiophene rings is 1. The molecule has 5 nitrogen and oxygen atoms in total. The Hall–Kier alpha value is -2.47. The smallest absolute Gasteiger partial charge is 0.265 e. The van der Waals surface area contributed by atoms with Gasteiger partial charge in [0.05, 0.1) is 9.58 Å². The van der Waals surface area contributed by atoms with E-state index in [0.29, 0.717) is 30.7 Å². The minimum atomic E-state index is -0.0918. The van der Waals surface area contributed by atoms with E-state index in [-0.39, 0.29) is 5.91 Å². The molecular weight excluding hydrogens is 324 g/mol. The maximum absolute atomic E-state index is 12.5. The fourth-order valence-corrected chi connectivity index (χ4v) is 3.93. The molecule has 0 radical (unpaired) electrons. The number of anilines is 1. The monoisotopic (exact) mass is 340 g/mol. The zero-order chi connectivity index (χ0) is 16.1. The molecule has 1 aromatic carbocycles. The van der Waals surface area contributed by atoms with Crippen LogP contribution in [0.4, 0.5) is 5.69 Å². The summed E-state index contributed by atoms with van der Waals surface area (Å²) in [7, 11) is 0. The maximum Gasteiger partial charge on any atom is 0.265 e. The van der Waals surface area contributed by atoms with Crippen molar-refractivity contribution in [2.75, 3.05) is 18.5 Å². The van der Waals surface area contributed by atoms with Crippen LogP contribution < -0.4 is 14.8 Å². The Morgan fingerprint density at radius 1 is 1.12 bits per heavy atom. The van der Waals surface area contributed by atoms with Crippen LogP contribution in [0.5, 0.6) is 11.5 Å². The SMILES string of the molecule is O=C(Nc1ccc2c(c1)OCCO2)c1cc2cn(C3CC3)cc2s1. The third-order valence-corrected chi connectivity index (χ3v) is 5.42. The van der Waals surface area contributed by atoms with Crippen LogP contribution in [-0.2, 0) is 0 Å². The second-order valence-corrected chi connectivity index (χ2v) is 7.26. The predicted molar refractivity (Wildman–Crippen MR) is 93.5 cm³/mol. The number of fused-ring (bicyclic) bond motifs is 2. The quantitative estimate of drug-likeness (QED) is 0.782. The second-order valence-electron chi connectivity index (χ2n) is 6.18. The average Bonchev–Trinajstić information content (AvgIpc) is 3.24. The molecule has 2 aromatic heterocycles. The Morgan fingerprint density at radius 3 is 2.75 bits per heavy atom. The van der Waals surface area contributed by atoms with Crippen molar-refractivity contribution in [3.8, 4) is 11.5 Å². The molecule has 2 aliphatic rings. The van der Waals surface area contributed by atoms with Gasteiger partial charge in [-0.05, 0) is 31.0 Å². The van der Waals surface area contributed by atoms with Gasteiger partial charge in [-0.1, -0.05) is 0 Å². The molecule has 0 saturated heterocycles. The van der Waals surface area contributed by atoms with E-state index >= 15 is 0 Å². The largest absolute Gasteiger partial charge is 0.486 e. The van der Waals surface area contributed by atoms with Gasteiger partial charge in [0.2, 0.25) is 0 Å². The van der Waals surface area contributed by atoms with E-state index in [4.69, 9.17) is 9.47 Å². The van der Waals surface area contributed by atoms with Gasteiger partial charge in [-0.25, -0.2) is 0 Å². The molecule has 1 aliphatic heterocycles. The molecular formula is C18H16N2O3S. The molecule has 0 spiro atoms. The molecule has 24 heavy (non-hydrogen) atoms. The van der Waals surface area contributed by atoms with E-state index in [0.717, 1.165) is 20.7 Å². The molecule has 1 N–H and O–H groups in total. The van der Waals surface area contributed by atoms with Gasteiger partial charge in [0, 0.05) is 35.6 Å². The molecule has 1 saturated carbocycles. The summed E-state index contributed by atoms with van der Waals surface area (Å²) in [5.74, 6) is 1.30. The molecule has 1 fully saturated rings. The molecule has 6 heteroatoms. The van der Waals surface area contributed by atoms with Crippen LogP contribution in [0, 0.1) is 0 Å². The van der Waals surface area contributed by atoms with Crippen molar-refractivity contribution in [1.29, 1.82) is 0 Å². The lowest BCUT2D eigenvalue weighted by molar-refractivity contribution is 0.103. The summed E-state index contributed by atoms with van der Waals surface area (Å²) in [5.41, 5.74) is 0.713. The molecule has 5 rings (SSSR count). The molecule has 122 valence electrons. The summed E-state index contributed by atoms with van der Waals surface area (Å²) in [5, 5.41) is 4.08. The maximum atomic E-state index is 12.5. The Morgan fingerprint density at radius 2 is 1.96 bits per heavy atom. The van der Waals surface area contributed by atoms with Crippen LogP contribution in [0.25, 0.3) is 10.1 Å². The Labute approximate surface area is 142 Å². The molecule has 1 aliphatic carbocycles. The van der Waals surface area contributed by atoms with Crippen LogP contribution in [0.1, 0.15) is 28.6 Å². The number of hydrogen-bond donors (Lipinski definition) is 1. The number of hydrogen-bond acceptors (Lipinski definition) is 4. The number of amides is 1. The molecule has 0 atom stereocenters. The number of rotatable bonds is 3. The molecule has 0 bridgehead atoms. The van der Waals surface area contributed by atoms with E-state index < -0.39 is 0 Å². The lowest BCUT2D eigenvalue weighted by Gasteiger charge is -2.18. The van der Waals surface area contributed by atoms with E-state index in [1.165, 1.54) is 24.2 Å². The first-order valence-electron chi connectivity index (χ1n) is 8.08. The third kappa shape index (κ3) is 2.43. The summed E-state index contributed by atoms with van der Waals surface area (Å²) in [6.07, 6.45) is 6.82. The van der Waals surface area contributed by atoms with Gasteiger partial charge < -0.3 is 19.4 Å². The number of aromatic nitrogens is 1. The predicted octanol–water partition coefficient (Wildman–Crippen LogP) is 4.06. The first kappa shape index (κ1) is 13.9. The topological polar surface area (TPSA) is 52.5 Å². The van der Waals surface area contributed by atoms with Crippen LogP contribution >= 0.6 is 11.3 Å². The van der Waals surface area contributed by atoms with E-state index in [9.17, 15) is 4.79 Å². The van der Waals surface area contributed by atoms with Crippen molar-refractivity contribution >= 4 is 33.0 Å². The number of nitrogens with zero attached hydrogens (tertiary/aromatic N) is 1. The van der Waals surface area contributed by atoms with E-state index in [1.54, 1.807) is 6.07 Å². The average molecular weight is 340 g/mol. The van der Waals surface area contributed by atoms with Crippen molar-refractivity contribution in [2.45, 2.75) is 18.9 Å². The zero-order valence-corrected chi connectivity index (χ0v) is 13.8. The van der Waals surface area contributed by atoms with Gasteiger partial charge >= 0.3 is 0 Å². The lowest BCUT2D eigenvalue weighted by atomic mass is 10.2. The number of carbonyl (C=O) groups is 1. The summed E-state index contributed by atoms with van der Waals surface area (Å²) in [4.78, 5) is 13.2. The summed E-state index contributed by atoms with van der Waals surface area (Å²) < 4.78 is 14.5. The number of carbonyl (C=O) groups excluding carboxylic acids is 1. The fourth-order valence-electron chi connectivity index (χ4n) is 2.96. The van der Waals surface area contributed by atoms with Crippen LogP contribution in [-0.4, -0.2) is 23.7 Å². The highest BCUT2D eigenvalue weighted by atomic mass is 32.1. The number of nitrogens with one attached hydrogen (secondary N) is 1. The number of benzene rings is 1. The van der Waals surface area contributed by atoms with Crippen molar-refractivity contribution < 1.29 is 14.3 Å². The Kier molecular flexibility index (Phi) is 3.06. The molecule has 1 amide bonds. The Balaban J connectivity index is 1.36. The Bertz CT molecular complexity index is 908. The van der Waals surface area contributed by atoms with Crippen molar-refractivity contribution in [1.82, 2.24) is 4.57 Å². The minimum absolute atomic E-state index is 0.0918. The minimum Gasteiger partial charge on any atom is -0.486 e. The lowest BCUT2D eigenvalue weighted by Crippen LogP contribution is -2.16. The van der Waals surface area contributed by atoms with E-state index in [2.05, 4.69) is 22.3 Å². The van der Waals surface area contributed by atoms with Gasteiger partial charge in [0.15, 0.2) is 11.5 Å². The summed E-state index contributed by atoms with van der Waals surface area (Å²) >= 11 is 1.53. The number of ether oxygens (including phenoxy) is 2. The van der Waals surface area contributed by atoms with Crippen molar-refractivity contribution in [2.24, 2.45) is 0 Å². The highest BCUT2D eigenvalue weighted by molar-refractivity contribution is 7.20. The van der Waals surface area contributed by atoms with Gasteiger partial charge in [-0.2, -0.15) is 0 Å². The van der Waals surface area contributed by atoms with Crippen molar-refractivity contribution in [3.05, 3.63) is 41.5 Å². The molecule has 3 aromatic rings. The van der Waals surface area contributed by atoms with Gasteiger partial charge in [0.25, 0.3) is 5.91 Å². The first-order chi connectivity index (χ1) is 11.8. The summed E-state index contributed by atoms with van der Waals surface area (Å²) in [6.45, 7) is 1.09. The first-order valence-corrected chi connectivity index (χ1v) is 8.90. The normalized spacial score (nSPS) is 16.3. The van der Waals surface area contributed by atoms with Gasteiger partial charge in [-0.3, -0.25) is 4.79 Å². The highest BCUT2D eigenvalue weighted by Crippen LogP contribution is 2.38. The van der Waals surface area contributed by atoms with Crippen molar-refractivity contribution in [3.63, 3.8) is 0 Å². The van der Waals surface area contributed by atoms with Crippen LogP contribution in [0.2, 0.25) is 0 Å². The second kappa shape index (κ2) is 5.27. The van der Waals surface area contributed by atoms with Gasteiger partial charge in [-0.15, -0.1) is 11.3 Å². The highest BCUT2D eigenvalue weighted by Gasteiger charge is 2.24. The van der Waals surface area contributed by atoms with Gasteiger partial charge in [0.1, 0.15) is 13.2 Å². The summed E-state index contributed by atoms with van der Waals surface area (Å²) in [6, 6.07) is 8.10. The van der Waals surface area contributed by atoms with Crippen LogP contribution in [0.15, 0.2) is 36.7 Å². The zero-order valence-electron chi connectivity index (χ0n) is 13.0. The fraction of sp³-hybridized carbons (Fsp3) is 0.278. The molecule has 3 heterocycles. The standard InChI is InChI=1S/C18H16N2O3S/c21-18(19-12-1-4-14-15(8-12)23-6-5-22-14)16-7-11-9-20(13-2-3-13)10-17(11)24-16/h1,4,7-10,13H,2-3,5-6H2,(H,19,21). The van der Waals surface area contributed by atoms with E-state index in [1.807, 2.05) is 18.2 Å². The molecule has 0 unspecified atom stereocenters. The third-order valence-electron chi connectivity index (χ3n) is 4.34.